The normalized spacial score (nSPS) is 14.9. The van der Waals surface area contributed by atoms with Gasteiger partial charge in [-0.3, -0.25) is 13.8 Å². The summed E-state index contributed by atoms with van der Waals surface area (Å²) in [6.07, 6.45) is 29.6. The molecule has 0 radical (unpaired) electrons. The van der Waals surface area contributed by atoms with Crippen LogP contribution in [0.4, 0.5) is 0 Å². The molecule has 0 bridgehead atoms. The molecule has 2 atom stereocenters. The van der Waals surface area contributed by atoms with Crippen LogP contribution in [-0.2, 0) is 27.9 Å². The van der Waals surface area contributed by atoms with Crippen molar-refractivity contribution in [2.75, 3.05) is 33.0 Å². The fourth-order valence-corrected chi connectivity index (χ4v) is 3.76. The fraction of sp³-hybridized carbons (Fsp3) is 0.621. The molecule has 0 fully saturated rings. The largest absolute Gasteiger partial charge is 0.472 e. The molecule has 0 saturated heterocycles. The predicted octanol–water partition coefficient (Wildman–Crippen LogP) is 6.73. The summed E-state index contributed by atoms with van der Waals surface area (Å²) in [6, 6.07) is 0. The van der Waals surface area contributed by atoms with Crippen molar-refractivity contribution in [3.05, 3.63) is 60.8 Å². The molecular formula is C29H50NO7P. The molecule has 8 nitrogen and oxygen atoms in total. The molecule has 3 N–H and O–H groups in total. The number of hydrogen-bond acceptors (Lipinski definition) is 7. The zero-order valence-corrected chi connectivity index (χ0v) is 24.3. The molecule has 0 spiro atoms. The molecule has 0 aromatic rings. The molecule has 0 aromatic carbocycles. The predicted molar refractivity (Wildman–Crippen MR) is 155 cm³/mol. The number of rotatable bonds is 25. The molecule has 218 valence electrons. The molecule has 0 aliphatic heterocycles. The van der Waals surface area contributed by atoms with Gasteiger partial charge in [0.1, 0.15) is 6.10 Å². The van der Waals surface area contributed by atoms with E-state index in [1.165, 1.54) is 0 Å². The van der Waals surface area contributed by atoms with Crippen LogP contribution in [0.2, 0.25) is 0 Å². The van der Waals surface area contributed by atoms with E-state index in [-0.39, 0.29) is 32.8 Å². The Labute approximate surface area is 230 Å². The Bertz CT molecular complexity index is 762. The number of phosphoric acid groups is 1. The number of unbranched alkanes of at least 4 members (excludes halogenated alkanes) is 2. The van der Waals surface area contributed by atoms with Gasteiger partial charge < -0.3 is 20.1 Å². The van der Waals surface area contributed by atoms with E-state index in [0.717, 1.165) is 51.4 Å². The second-order valence-electron chi connectivity index (χ2n) is 8.53. The molecule has 0 saturated carbocycles. The third-order valence-corrected chi connectivity index (χ3v) is 5.90. The molecule has 0 rings (SSSR count). The first-order chi connectivity index (χ1) is 18.4. The molecule has 0 heterocycles. The van der Waals surface area contributed by atoms with Gasteiger partial charge in [0, 0.05) is 19.6 Å². The molecule has 0 aliphatic carbocycles. The van der Waals surface area contributed by atoms with Crippen molar-refractivity contribution in [2.24, 2.45) is 5.73 Å². The molecule has 0 aliphatic rings. The third kappa shape index (κ3) is 25.8. The van der Waals surface area contributed by atoms with Gasteiger partial charge in [0.15, 0.2) is 0 Å². The Morgan fingerprint density at radius 2 is 1.39 bits per heavy atom. The van der Waals surface area contributed by atoms with E-state index in [0.29, 0.717) is 13.0 Å². The van der Waals surface area contributed by atoms with E-state index in [1.807, 2.05) is 6.92 Å². The average molecular weight is 556 g/mol. The van der Waals surface area contributed by atoms with Crippen molar-refractivity contribution in [1.29, 1.82) is 0 Å². The van der Waals surface area contributed by atoms with E-state index in [1.54, 1.807) is 0 Å². The van der Waals surface area contributed by atoms with Gasteiger partial charge in [-0.05, 0) is 57.8 Å². The van der Waals surface area contributed by atoms with Crippen LogP contribution in [0.3, 0.4) is 0 Å². The van der Waals surface area contributed by atoms with Crippen molar-refractivity contribution in [3.8, 4) is 0 Å². The Morgan fingerprint density at radius 1 is 0.816 bits per heavy atom. The standard InChI is InChI=1S/C29H50NO7P/c1-3-5-6-7-8-9-10-11-12-13-14-15-16-17-18-19-20-21-24-34-26-28(37-29(31)22-4-2)27-36-38(32,33)35-25-23-30/h5-6,8-9,11-12,14-15,17-18,28H,3-4,7,10,13,16,19-27,30H2,1-2H3,(H,32,33)/b6-5-,9-8-,12-11-,15-14-,18-17-. The second kappa shape index (κ2) is 26.8. The van der Waals surface area contributed by atoms with Gasteiger partial charge in [0.25, 0.3) is 0 Å². The first-order valence-corrected chi connectivity index (χ1v) is 15.3. The van der Waals surface area contributed by atoms with Crippen LogP contribution in [0.15, 0.2) is 60.8 Å². The van der Waals surface area contributed by atoms with Crippen LogP contribution in [0, 0.1) is 0 Å². The van der Waals surface area contributed by atoms with Gasteiger partial charge in [-0.25, -0.2) is 4.57 Å². The lowest BCUT2D eigenvalue weighted by atomic mass is 10.2. The Balaban J connectivity index is 3.98. The summed E-state index contributed by atoms with van der Waals surface area (Å²) in [5.74, 6) is -0.404. The van der Waals surface area contributed by atoms with Gasteiger partial charge in [0.05, 0.1) is 19.8 Å². The summed E-state index contributed by atoms with van der Waals surface area (Å²) in [5, 5.41) is 0. The molecule has 38 heavy (non-hydrogen) atoms. The Hall–Kier alpha value is -1.80. The SMILES string of the molecule is CC/C=C\C/C=C\C/C=C\C/C=C\C/C=C\CCCCOCC(COP(=O)(O)OCCN)OC(=O)CCC. The molecule has 0 amide bonds. The van der Waals surface area contributed by atoms with E-state index in [4.69, 9.17) is 24.3 Å². The van der Waals surface area contributed by atoms with Gasteiger partial charge >= 0.3 is 13.8 Å². The highest BCUT2D eigenvalue weighted by atomic mass is 31.2. The van der Waals surface area contributed by atoms with Crippen LogP contribution in [-0.4, -0.2) is 49.9 Å². The maximum Gasteiger partial charge on any atom is 0.472 e. The zero-order chi connectivity index (χ0) is 28.2. The van der Waals surface area contributed by atoms with Gasteiger partial charge in [-0.1, -0.05) is 74.6 Å². The van der Waals surface area contributed by atoms with E-state index < -0.39 is 19.9 Å². The van der Waals surface area contributed by atoms with Crippen molar-refractivity contribution >= 4 is 13.8 Å². The highest BCUT2D eigenvalue weighted by Gasteiger charge is 2.24. The van der Waals surface area contributed by atoms with Crippen LogP contribution in [0.25, 0.3) is 0 Å². The second-order valence-corrected chi connectivity index (χ2v) is 9.98. The summed E-state index contributed by atoms with van der Waals surface area (Å²) < 4.78 is 32.3. The van der Waals surface area contributed by atoms with Crippen molar-refractivity contribution in [1.82, 2.24) is 0 Å². The molecule has 9 heteroatoms. The summed E-state index contributed by atoms with van der Waals surface area (Å²) in [4.78, 5) is 21.5. The lowest BCUT2D eigenvalue weighted by molar-refractivity contribution is -0.154. The lowest BCUT2D eigenvalue weighted by Crippen LogP contribution is -2.28. The third-order valence-electron chi connectivity index (χ3n) is 4.92. The highest BCUT2D eigenvalue weighted by molar-refractivity contribution is 7.47. The highest BCUT2D eigenvalue weighted by Crippen LogP contribution is 2.43. The van der Waals surface area contributed by atoms with E-state index >= 15 is 0 Å². The van der Waals surface area contributed by atoms with Crippen molar-refractivity contribution < 1.29 is 32.8 Å². The lowest BCUT2D eigenvalue weighted by Gasteiger charge is -2.19. The number of carbonyl (C=O) groups is 1. The fourth-order valence-electron chi connectivity index (χ4n) is 3.00. The Kier molecular flexibility index (Phi) is 25.5. The van der Waals surface area contributed by atoms with Crippen LogP contribution >= 0.6 is 7.82 Å². The summed E-state index contributed by atoms with van der Waals surface area (Å²) in [6.45, 7) is 4.26. The number of allylic oxidation sites excluding steroid dienone is 10. The smallest absolute Gasteiger partial charge is 0.457 e. The maximum absolute atomic E-state index is 11.8. The molecule has 2 unspecified atom stereocenters. The number of ether oxygens (including phenoxy) is 2. The zero-order valence-electron chi connectivity index (χ0n) is 23.4. The quantitative estimate of drug-likeness (QED) is 0.0551. The number of esters is 1. The maximum atomic E-state index is 11.8. The minimum Gasteiger partial charge on any atom is -0.457 e. The molecular weight excluding hydrogens is 505 g/mol. The number of nitrogens with two attached hydrogens (primary N) is 1. The molecule has 0 aromatic heterocycles. The van der Waals surface area contributed by atoms with Gasteiger partial charge in [-0.15, -0.1) is 0 Å². The number of phosphoric ester groups is 1. The van der Waals surface area contributed by atoms with E-state index in [9.17, 15) is 14.3 Å². The number of carbonyl (C=O) groups excluding carboxylic acids is 1. The van der Waals surface area contributed by atoms with Crippen LogP contribution < -0.4 is 5.73 Å². The summed E-state index contributed by atoms with van der Waals surface area (Å²) in [7, 11) is -4.25. The van der Waals surface area contributed by atoms with Crippen molar-refractivity contribution in [3.63, 3.8) is 0 Å². The minimum atomic E-state index is -4.25. The minimum absolute atomic E-state index is 0.0774. The summed E-state index contributed by atoms with van der Waals surface area (Å²) in [5.41, 5.74) is 5.26. The van der Waals surface area contributed by atoms with E-state index in [2.05, 4.69) is 67.7 Å². The summed E-state index contributed by atoms with van der Waals surface area (Å²) >= 11 is 0. The van der Waals surface area contributed by atoms with Crippen molar-refractivity contribution in [2.45, 2.75) is 84.2 Å². The average Bonchev–Trinajstić information content (AvgIpc) is 2.89. The Morgan fingerprint density at radius 3 is 1.95 bits per heavy atom. The monoisotopic (exact) mass is 555 g/mol. The van der Waals surface area contributed by atoms with Crippen LogP contribution in [0.5, 0.6) is 0 Å². The first-order valence-electron chi connectivity index (χ1n) is 13.8. The first kappa shape index (κ1) is 36.2. The number of hydrogen-bond donors (Lipinski definition) is 2. The van der Waals surface area contributed by atoms with Gasteiger partial charge in [0.2, 0.25) is 0 Å². The van der Waals surface area contributed by atoms with Crippen LogP contribution in [0.1, 0.15) is 78.1 Å². The topological polar surface area (TPSA) is 117 Å². The van der Waals surface area contributed by atoms with Gasteiger partial charge in [-0.2, -0.15) is 0 Å².